The van der Waals surface area contributed by atoms with Gasteiger partial charge in [0, 0.05) is 11.3 Å². The predicted octanol–water partition coefficient (Wildman–Crippen LogP) is 3.03. The van der Waals surface area contributed by atoms with Crippen molar-refractivity contribution in [2.75, 3.05) is 5.32 Å². The summed E-state index contributed by atoms with van der Waals surface area (Å²) in [4.78, 5) is 10.8. The van der Waals surface area contributed by atoms with E-state index < -0.39 is 0 Å². The molecule has 68 valence electrons. The van der Waals surface area contributed by atoms with Crippen molar-refractivity contribution in [3.05, 3.63) is 36.8 Å². The fraction of sp³-hybridized carbons (Fsp3) is 0.200. The van der Waals surface area contributed by atoms with E-state index in [-0.39, 0.29) is 11.6 Å². The summed E-state index contributed by atoms with van der Waals surface area (Å²) in [6.07, 6.45) is 0. The van der Waals surface area contributed by atoms with E-state index in [2.05, 4.69) is 21.5 Å². The highest BCUT2D eigenvalue weighted by molar-refractivity contribution is 7.40. The fourth-order valence-electron chi connectivity index (χ4n) is 1.17. The lowest BCUT2D eigenvalue weighted by molar-refractivity contribution is 0.269. The molecule has 0 spiro atoms. The SMILES string of the molecule is [CH2+]C(C)c1ccccc1NC(=O)P. The van der Waals surface area contributed by atoms with Crippen molar-refractivity contribution in [1.29, 1.82) is 0 Å². The molecule has 0 heterocycles. The topological polar surface area (TPSA) is 29.1 Å². The third kappa shape index (κ3) is 2.74. The van der Waals surface area contributed by atoms with Crippen LogP contribution in [-0.4, -0.2) is 5.65 Å². The third-order valence-electron chi connectivity index (χ3n) is 1.75. The maximum absolute atomic E-state index is 10.8. The van der Waals surface area contributed by atoms with Gasteiger partial charge in [0.1, 0.15) is 5.92 Å². The number of carbonyl (C=O) groups excluding carboxylic acids is 1. The van der Waals surface area contributed by atoms with E-state index in [0.29, 0.717) is 0 Å². The Hall–Kier alpha value is -1.01. The van der Waals surface area contributed by atoms with Gasteiger partial charge in [0.25, 0.3) is 0 Å². The molecule has 0 radical (unpaired) electrons. The lowest BCUT2D eigenvalue weighted by Gasteiger charge is -2.08. The maximum atomic E-state index is 10.8. The molecule has 1 aromatic rings. The Morgan fingerprint density at radius 2 is 2.15 bits per heavy atom. The molecule has 0 aromatic heterocycles. The average molecular weight is 194 g/mol. The molecule has 13 heavy (non-hydrogen) atoms. The first-order valence-corrected chi connectivity index (χ1v) is 4.67. The molecule has 0 aliphatic heterocycles. The molecule has 1 aromatic carbocycles. The number of benzene rings is 1. The van der Waals surface area contributed by atoms with E-state index in [4.69, 9.17) is 0 Å². The number of para-hydroxylation sites is 1. The van der Waals surface area contributed by atoms with Crippen LogP contribution < -0.4 is 5.32 Å². The summed E-state index contributed by atoms with van der Waals surface area (Å²) >= 11 is 0. The van der Waals surface area contributed by atoms with Gasteiger partial charge in [0.2, 0.25) is 5.65 Å². The van der Waals surface area contributed by atoms with Gasteiger partial charge in [-0.25, -0.2) is 0 Å². The van der Waals surface area contributed by atoms with Crippen LogP contribution in [0.4, 0.5) is 10.5 Å². The molecule has 1 N–H and O–H groups in total. The van der Waals surface area contributed by atoms with Crippen LogP contribution >= 0.6 is 9.24 Å². The standard InChI is InChI=1S/C10H12NOP/c1-7(2)8-5-3-4-6-9(8)11-10(12)13/h3-7H,1,13H2,2H3/p+1. The minimum absolute atomic E-state index is 0.131. The van der Waals surface area contributed by atoms with Gasteiger partial charge in [-0.15, -0.1) is 0 Å². The Morgan fingerprint density at radius 1 is 1.54 bits per heavy atom. The van der Waals surface area contributed by atoms with Gasteiger partial charge in [0.15, 0.2) is 0 Å². The van der Waals surface area contributed by atoms with Crippen molar-refractivity contribution in [2.24, 2.45) is 0 Å². The van der Waals surface area contributed by atoms with E-state index in [1.165, 1.54) is 0 Å². The van der Waals surface area contributed by atoms with Crippen LogP contribution in [0.3, 0.4) is 0 Å². The zero-order valence-corrected chi connectivity index (χ0v) is 8.73. The number of hydrogen-bond acceptors (Lipinski definition) is 1. The van der Waals surface area contributed by atoms with Gasteiger partial charge in [-0.05, 0) is 22.2 Å². The van der Waals surface area contributed by atoms with Crippen LogP contribution in [0, 0.1) is 6.92 Å². The second kappa shape index (κ2) is 4.29. The van der Waals surface area contributed by atoms with Crippen LogP contribution in [-0.2, 0) is 0 Å². The summed E-state index contributed by atoms with van der Waals surface area (Å²) in [7, 11) is 2.09. The molecule has 0 aliphatic carbocycles. The number of anilines is 1. The summed E-state index contributed by atoms with van der Waals surface area (Å²) in [5.41, 5.74) is 1.76. The van der Waals surface area contributed by atoms with Gasteiger partial charge in [0.05, 0.1) is 6.92 Å². The Kier molecular flexibility index (Phi) is 3.32. The van der Waals surface area contributed by atoms with Crippen molar-refractivity contribution >= 4 is 20.6 Å². The molecule has 1 amide bonds. The quantitative estimate of drug-likeness (QED) is 0.569. The van der Waals surface area contributed by atoms with Crippen LogP contribution in [0.2, 0.25) is 0 Å². The molecule has 1 rings (SSSR count). The Bertz CT molecular complexity index is 310. The van der Waals surface area contributed by atoms with Gasteiger partial charge in [-0.2, -0.15) is 0 Å². The van der Waals surface area contributed by atoms with Crippen LogP contribution in [0.1, 0.15) is 18.4 Å². The van der Waals surface area contributed by atoms with Gasteiger partial charge < -0.3 is 5.32 Å². The number of rotatable bonds is 2. The molecule has 0 bridgehead atoms. The van der Waals surface area contributed by atoms with E-state index in [9.17, 15) is 4.79 Å². The molecule has 2 unspecified atom stereocenters. The lowest BCUT2D eigenvalue weighted by Crippen LogP contribution is -2.04. The van der Waals surface area contributed by atoms with Gasteiger partial charge in [-0.1, -0.05) is 18.2 Å². The zero-order valence-electron chi connectivity index (χ0n) is 7.58. The summed E-state index contributed by atoms with van der Waals surface area (Å²) < 4.78 is 0. The number of hydrogen-bond donors (Lipinski definition) is 1. The molecule has 2 atom stereocenters. The molecular weight excluding hydrogens is 181 g/mol. The number of amides is 1. The van der Waals surface area contributed by atoms with Crippen molar-refractivity contribution in [3.8, 4) is 0 Å². The minimum atomic E-state index is -0.131. The highest BCUT2D eigenvalue weighted by Gasteiger charge is 2.10. The van der Waals surface area contributed by atoms with Crippen LogP contribution in [0.5, 0.6) is 0 Å². The van der Waals surface area contributed by atoms with E-state index >= 15 is 0 Å². The largest absolute Gasteiger partial charge is 0.322 e. The second-order valence-corrected chi connectivity index (χ2v) is 3.50. The first-order valence-electron chi connectivity index (χ1n) is 4.09. The normalized spacial score (nSPS) is 12.2. The Balaban J connectivity index is 2.97. The number of nitrogens with one attached hydrogen (secondary N) is 1. The van der Waals surface area contributed by atoms with Crippen molar-refractivity contribution < 1.29 is 4.79 Å². The lowest BCUT2D eigenvalue weighted by atomic mass is 10.0. The highest BCUT2D eigenvalue weighted by atomic mass is 31.0. The van der Waals surface area contributed by atoms with E-state index in [1.54, 1.807) is 0 Å². The third-order valence-corrected chi connectivity index (χ3v) is 1.89. The summed E-state index contributed by atoms with van der Waals surface area (Å²) in [5.74, 6) is 0.174. The number of carbonyl (C=O) groups is 1. The summed E-state index contributed by atoms with van der Waals surface area (Å²) in [5, 5.41) is 2.74. The van der Waals surface area contributed by atoms with Gasteiger partial charge >= 0.3 is 0 Å². The minimum Gasteiger partial charge on any atom is -0.322 e. The van der Waals surface area contributed by atoms with E-state index in [0.717, 1.165) is 11.3 Å². The van der Waals surface area contributed by atoms with Crippen molar-refractivity contribution in [1.82, 2.24) is 0 Å². The van der Waals surface area contributed by atoms with E-state index in [1.807, 2.05) is 31.2 Å². The molecule has 0 aliphatic rings. The first kappa shape index (κ1) is 10.1. The Morgan fingerprint density at radius 3 is 2.69 bits per heavy atom. The zero-order chi connectivity index (χ0) is 9.84. The van der Waals surface area contributed by atoms with Crippen LogP contribution in [0.25, 0.3) is 0 Å². The monoisotopic (exact) mass is 194 g/mol. The molecule has 0 fully saturated rings. The molecule has 0 saturated heterocycles. The van der Waals surface area contributed by atoms with Crippen molar-refractivity contribution in [2.45, 2.75) is 12.8 Å². The van der Waals surface area contributed by atoms with Crippen molar-refractivity contribution in [3.63, 3.8) is 0 Å². The smallest absolute Gasteiger partial charge is 0.239 e. The molecular formula is C10H13NOP+. The molecule has 0 saturated carbocycles. The fourth-order valence-corrected chi connectivity index (χ4v) is 1.33. The highest BCUT2D eigenvalue weighted by Crippen LogP contribution is 2.23. The molecule has 3 heteroatoms. The first-order chi connectivity index (χ1) is 6.11. The predicted molar refractivity (Wildman–Crippen MR) is 58.9 cm³/mol. The van der Waals surface area contributed by atoms with Gasteiger partial charge in [-0.3, -0.25) is 4.79 Å². The summed E-state index contributed by atoms with van der Waals surface area (Å²) in [6, 6.07) is 7.67. The molecule has 2 nitrogen and oxygen atoms in total. The van der Waals surface area contributed by atoms with Crippen LogP contribution in [0.15, 0.2) is 24.3 Å². The Labute approximate surface area is 80.9 Å². The average Bonchev–Trinajstić information content (AvgIpc) is 2.03. The summed E-state index contributed by atoms with van der Waals surface area (Å²) in [6.45, 7) is 5.91. The second-order valence-electron chi connectivity index (χ2n) is 2.98. The maximum Gasteiger partial charge on any atom is 0.239 e.